The first-order valence-electron chi connectivity index (χ1n) is 9.76. The van der Waals surface area contributed by atoms with Crippen LogP contribution >= 0.6 is 0 Å². The lowest BCUT2D eigenvalue weighted by atomic mass is 9.95. The molecule has 0 radical (unpaired) electrons. The average Bonchev–Trinajstić information content (AvgIpc) is 2.71. The van der Waals surface area contributed by atoms with Crippen LogP contribution in [0.2, 0.25) is 0 Å². The summed E-state index contributed by atoms with van der Waals surface area (Å²) in [6, 6.07) is 11.2. The smallest absolute Gasteiger partial charge is 0.220 e. The van der Waals surface area contributed by atoms with Gasteiger partial charge in [0.2, 0.25) is 5.91 Å². The number of carbonyl (C=O) groups is 1. The number of benzene rings is 2. The van der Waals surface area contributed by atoms with E-state index in [-0.39, 0.29) is 11.9 Å². The molecule has 1 aliphatic heterocycles. The van der Waals surface area contributed by atoms with Crippen LogP contribution in [-0.2, 0) is 4.79 Å². The highest BCUT2D eigenvalue weighted by atomic mass is 16.5. The molecule has 2 aromatic rings. The van der Waals surface area contributed by atoms with Crippen molar-refractivity contribution < 1.29 is 19.0 Å². The van der Waals surface area contributed by atoms with Crippen molar-refractivity contribution in [3.05, 3.63) is 52.6 Å². The molecule has 0 bridgehead atoms. The molecule has 1 aliphatic rings. The Morgan fingerprint density at radius 1 is 1.28 bits per heavy atom. The molecular weight excluding hydrogens is 368 g/mol. The van der Waals surface area contributed by atoms with Crippen LogP contribution < -0.4 is 19.5 Å². The fourth-order valence-electron chi connectivity index (χ4n) is 3.57. The van der Waals surface area contributed by atoms with Gasteiger partial charge in [-0.2, -0.15) is 5.26 Å². The van der Waals surface area contributed by atoms with Gasteiger partial charge in [-0.05, 0) is 38.0 Å². The van der Waals surface area contributed by atoms with Gasteiger partial charge >= 0.3 is 0 Å². The number of carbonyl (C=O) groups excluding carboxylic acids is 1. The monoisotopic (exact) mass is 394 g/mol. The molecule has 0 saturated carbocycles. The van der Waals surface area contributed by atoms with Gasteiger partial charge in [0.1, 0.15) is 5.75 Å². The molecule has 1 N–H and O–H groups in total. The first-order chi connectivity index (χ1) is 14.0. The molecule has 0 fully saturated rings. The van der Waals surface area contributed by atoms with Crippen LogP contribution in [0.3, 0.4) is 0 Å². The van der Waals surface area contributed by atoms with Crippen LogP contribution in [0.1, 0.15) is 47.6 Å². The summed E-state index contributed by atoms with van der Waals surface area (Å²) in [6.07, 6.45) is 1.72. The van der Waals surface area contributed by atoms with E-state index in [1.807, 2.05) is 6.92 Å². The average molecular weight is 394 g/mol. The van der Waals surface area contributed by atoms with Crippen molar-refractivity contribution in [1.29, 1.82) is 5.26 Å². The predicted molar refractivity (Wildman–Crippen MR) is 109 cm³/mol. The number of nitrogens with one attached hydrogen (secondary N) is 1. The molecule has 152 valence electrons. The zero-order valence-corrected chi connectivity index (χ0v) is 17.1. The summed E-state index contributed by atoms with van der Waals surface area (Å²) in [7, 11) is 1.53. The Morgan fingerprint density at radius 3 is 2.86 bits per heavy atom. The van der Waals surface area contributed by atoms with Crippen molar-refractivity contribution in [2.24, 2.45) is 0 Å². The van der Waals surface area contributed by atoms with E-state index in [0.29, 0.717) is 43.1 Å². The van der Waals surface area contributed by atoms with Crippen molar-refractivity contribution >= 4 is 5.91 Å². The highest BCUT2D eigenvalue weighted by molar-refractivity contribution is 5.76. The highest BCUT2D eigenvalue weighted by Gasteiger charge is 2.24. The van der Waals surface area contributed by atoms with E-state index in [2.05, 4.69) is 30.4 Å². The van der Waals surface area contributed by atoms with Gasteiger partial charge in [0.05, 0.1) is 38.0 Å². The molecule has 29 heavy (non-hydrogen) atoms. The minimum absolute atomic E-state index is 0.00240. The Labute approximate surface area is 171 Å². The fourth-order valence-corrected chi connectivity index (χ4v) is 3.57. The molecule has 6 nitrogen and oxygen atoms in total. The third-order valence-corrected chi connectivity index (χ3v) is 4.91. The summed E-state index contributed by atoms with van der Waals surface area (Å²) in [5, 5.41) is 12.1. The summed E-state index contributed by atoms with van der Waals surface area (Å²) < 4.78 is 16.8. The van der Waals surface area contributed by atoms with Gasteiger partial charge in [0, 0.05) is 24.5 Å². The number of hydrogen-bond acceptors (Lipinski definition) is 5. The van der Waals surface area contributed by atoms with Crippen LogP contribution in [0.15, 0.2) is 30.3 Å². The number of hydrogen-bond donors (Lipinski definition) is 1. The molecule has 0 aliphatic carbocycles. The summed E-state index contributed by atoms with van der Waals surface area (Å²) in [5.41, 5.74) is 3.83. The number of methoxy groups -OCH3 is 1. The quantitative estimate of drug-likeness (QED) is 0.719. The zero-order valence-electron chi connectivity index (χ0n) is 17.1. The Bertz CT molecular complexity index is 933. The van der Waals surface area contributed by atoms with Crippen LogP contribution in [0, 0.1) is 25.2 Å². The van der Waals surface area contributed by atoms with E-state index >= 15 is 0 Å². The summed E-state index contributed by atoms with van der Waals surface area (Å²) in [4.78, 5) is 12.4. The van der Waals surface area contributed by atoms with Crippen molar-refractivity contribution in [3.8, 4) is 23.3 Å². The lowest BCUT2D eigenvalue weighted by Crippen LogP contribution is -2.32. The number of amides is 1. The van der Waals surface area contributed by atoms with Crippen LogP contribution in [0.5, 0.6) is 17.2 Å². The Kier molecular flexibility index (Phi) is 6.61. The molecule has 2 aromatic carbocycles. The Balaban J connectivity index is 1.51. The van der Waals surface area contributed by atoms with Gasteiger partial charge < -0.3 is 19.5 Å². The first kappa shape index (κ1) is 20.5. The van der Waals surface area contributed by atoms with E-state index in [4.69, 9.17) is 19.5 Å². The highest BCUT2D eigenvalue weighted by Crippen LogP contribution is 2.35. The minimum atomic E-state index is -0.0237. The van der Waals surface area contributed by atoms with E-state index in [1.54, 1.807) is 18.2 Å². The number of nitrogens with zero attached hydrogens (tertiary/aromatic N) is 1. The summed E-state index contributed by atoms with van der Waals surface area (Å²) in [6.45, 7) is 5.07. The molecule has 1 amide bonds. The van der Waals surface area contributed by atoms with Gasteiger partial charge in [-0.3, -0.25) is 4.79 Å². The number of nitriles is 1. The van der Waals surface area contributed by atoms with Crippen LogP contribution in [0.25, 0.3) is 0 Å². The van der Waals surface area contributed by atoms with E-state index in [1.165, 1.54) is 7.11 Å². The second kappa shape index (κ2) is 9.33. The van der Waals surface area contributed by atoms with Gasteiger partial charge in [-0.15, -0.1) is 0 Å². The number of aryl methyl sites for hydroxylation is 2. The summed E-state index contributed by atoms with van der Waals surface area (Å²) >= 11 is 0. The third-order valence-electron chi connectivity index (χ3n) is 4.91. The van der Waals surface area contributed by atoms with E-state index in [9.17, 15) is 4.79 Å². The van der Waals surface area contributed by atoms with Crippen molar-refractivity contribution in [2.45, 2.75) is 39.2 Å². The van der Waals surface area contributed by atoms with Crippen molar-refractivity contribution in [2.75, 3.05) is 20.3 Å². The Hall–Kier alpha value is -3.20. The molecule has 0 spiro atoms. The lowest BCUT2D eigenvalue weighted by Gasteiger charge is -2.28. The second-order valence-corrected chi connectivity index (χ2v) is 7.19. The maximum absolute atomic E-state index is 12.4. The normalized spacial score (nSPS) is 14.9. The first-order valence-corrected chi connectivity index (χ1v) is 9.76. The third kappa shape index (κ3) is 5.00. The Morgan fingerprint density at radius 2 is 2.10 bits per heavy atom. The van der Waals surface area contributed by atoms with Gasteiger partial charge in [0.25, 0.3) is 0 Å². The van der Waals surface area contributed by atoms with E-state index < -0.39 is 0 Å². The number of ether oxygens (including phenoxy) is 3. The molecule has 1 heterocycles. The van der Waals surface area contributed by atoms with Crippen molar-refractivity contribution in [1.82, 2.24) is 5.32 Å². The second-order valence-electron chi connectivity index (χ2n) is 7.19. The standard InChI is InChI=1S/C23H26N2O4/c1-15-11-16(2)23-18(12-15)19(8-10-29-23)25-22(26)5-4-9-28-20-7-6-17(14-24)13-21(20)27-3/h6-7,11-13,19H,4-5,8-10H2,1-3H3,(H,25,26). The molecule has 6 heteroatoms. The van der Waals surface area contributed by atoms with Crippen LogP contribution in [0.4, 0.5) is 0 Å². The van der Waals surface area contributed by atoms with E-state index in [0.717, 1.165) is 28.9 Å². The molecule has 1 unspecified atom stereocenters. The van der Waals surface area contributed by atoms with Gasteiger partial charge in [0.15, 0.2) is 11.5 Å². The lowest BCUT2D eigenvalue weighted by molar-refractivity contribution is -0.122. The molecular formula is C23H26N2O4. The predicted octanol–water partition coefficient (Wildman–Crippen LogP) is 3.98. The van der Waals surface area contributed by atoms with Gasteiger partial charge in [-0.1, -0.05) is 17.7 Å². The largest absolute Gasteiger partial charge is 0.493 e. The maximum Gasteiger partial charge on any atom is 0.220 e. The zero-order chi connectivity index (χ0) is 20.8. The van der Waals surface area contributed by atoms with Crippen LogP contribution in [-0.4, -0.2) is 26.2 Å². The maximum atomic E-state index is 12.4. The number of rotatable bonds is 7. The molecule has 0 aromatic heterocycles. The number of fused-ring (bicyclic) bond motifs is 1. The topological polar surface area (TPSA) is 80.6 Å². The summed E-state index contributed by atoms with van der Waals surface area (Å²) in [5.74, 6) is 1.97. The molecule has 0 saturated heterocycles. The fraction of sp³-hybridized carbons (Fsp3) is 0.391. The molecule has 3 rings (SSSR count). The minimum Gasteiger partial charge on any atom is -0.493 e. The SMILES string of the molecule is COc1cc(C#N)ccc1OCCCC(=O)NC1CCOc2c(C)cc(C)cc21. The molecule has 1 atom stereocenters. The van der Waals surface area contributed by atoms with Crippen molar-refractivity contribution in [3.63, 3.8) is 0 Å². The van der Waals surface area contributed by atoms with Gasteiger partial charge in [-0.25, -0.2) is 0 Å².